The van der Waals surface area contributed by atoms with E-state index < -0.39 is 0 Å². The van der Waals surface area contributed by atoms with Crippen LogP contribution < -0.4 is 0 Å². The van der Waals surface area contributed by atoms with Crippen LogP contribution in [0.1, 0.15) is 0 Å². The zero-order valence-electron chi connectivity index (χ0n) is 18.2. The predicted molar refractivity (Wildman–Crippen MR) is 153 cm³/mol. The van der Waals surface area contributed by atoms with Crippen molar-refractivity contribution in [2.45, 2.75) is 14.7 Å². The Balaban J connectivity index is 0.000000141. The first-order valence-corrected chi connectivity index (χ1v) is 11.6. The van der Waals surface area contributed by atoms with Crippen molar-refractivity contribution < 1.29 is 0 Å². The third kappa shape index (κ3) is 6.58. The van der Waals surface area contributed by atoms with Gasteiger partial charge in [-0.3, -0.25) is 15.0 Å². The molecule has 0 aliphatic heterocycles. The van der Waals surface area contributed by atoms with Gasteiger partial charge in [0.05, 0.1) is 16.6 Å². The van der Waals surface area contributed by atoms with E-state index in [2.05, 4.69) is 52.8 Å². The molecule has 0 bridgehead atoms. The minimum absolute atomic E-state index is 0. The number of rotatable bonds is 0. The first-order valence-electron chi connectivity index (χ1n) is 10.2. The van der Waals surface area contributed by atoms with Gasteiger partial charge < -0.3 is 0 Å². The summed E-state index contributed by atoms with van der Waals surface area (Å²) in [4.78, 5) is 15.4. The van der Waals surface area contributed by atoms with Gasteiger partial charge in [-0.1, -0.05) is 54.6 Å². The van der Waals surface area contributed by atoms with Gasteiger partial charge in [0.1, 0.15) is 0 Å². The Kier molecular flexibility index (Phi) is 9.92. The zero-order chi connectivity index (χ0) is 23.0. The Morgan fingerprint density at radius 1 is 0.382 bits per heavy atom. The molecule has 0 aliphatic rings. The molecule has 0 fully saturated rings. The molecule has 6 rings (SSSR count). The molecule has 0 atom stereocenters. The Hall–Kier alpha value is -2.42. The molecular weight excluding hydrogens is 532 g/mol. The molecule has 3 heterocycles. The summed E-state index contributed by atoms with van der Waals surface area (Å²) in [6, 6.07) is 29.7. The molecule has 3 aromatic heterocycles. The number of pyridine rings is 3. The van der Waals surface area contributed by atoms with Crippen molar-refractivity contribution >= 4 is 90.4 Å². The Labute approximate surface area is 228 Å². The molecule has 0 saturated heterocycles. The van der Waals surface area contributed by atoms with Gasteiger partial charge in [0.25, 0.3) is 0 Å². The number of thiol groups is 3. The van der Waals surface area contributed by atoms with E-state index in [4.69, 9.17) is 0 Å². The van der Waals surface area contributed by atoms with E-state index in [1.807, 2.05) is 91.0 Å². The molecule has 0 amide bonds. The van der Waals surface area contributed by atoms with Crippen LogP contribution in [0.2, 0.25) is 0 Å². The smallest absolute Gasteiger partial charge is 0.0835 e. The maximum absolute atomic E-state index is 4.29. The Bertz CT molecular complexity index is 1330. The summed E-state index contributed by atoms with van der Waals surface area (Å²) < 4.78 is 0. The van der Waals surface area contributed by atoms with E-state index in [9.17, 15) is 0 Å². The van der Waals surface area contributed by atoms with Crippen LogP contribution in [0.5, 0.6) is 0 Å². The maximum Gasteiger partial charge on any atom is 0.0835 e. The van der Waals surface area contributed by atoms with E-state index in [1.165, 1.54) is 0 Å². The zero-order valence-corrected chi connectivity index (χ0v) is 23.3. The number of benzene rings is 3. The number of nitrogens with zero attached hydrogens (tertiary/aromatic N) is 3. The molecule has 3 nitrogen and oxygen atoms in total. The van der Waals surface area contributed by atoms with Crippen molar-refractivity contribution in [3.05, 3.63) is 110 Å². The monoisotopic (exact) mass is 552 g/mol. The van der Waals surface area contributed by atoms with E-state index in [-0.39, 0.29) is 19.8 Å². The molecule has 0 aliphatic carbocycles. The predicted octanol–water partition coefficient (Wildman–Crippen LogP) is 7.19. The van der Waals surface area contributed by atoms with Crippen LogP contribution in [0.4, 0.5) is 0 Å². The first kappa shape index (κ1) is 26.2. The van der Waals surface area contributed by atoms with Crippen LogP contribution in [0.15, 0.2) is 124 Å². The van der Waals surface area contributed by atoms with Crippen molar-refractivity contribution in [2.75, 3.05) is 0 Å². The van der Waals surface area contributed by atoms with Crippen LogP contribution in [0.25, 0.3) is 32.7 Å². The fraction of sp³-hybridized carbons (Fsp3) is 0. The summed E-state index contributed by atoms with van der Waals surface area (Å²) >= 11 is 12.9. The maximum atomic E-state index is 4.29. The molecule has 0 N–H and O–H groups in total. The Morgan fingerprint density at radius 2 is 0.647 bits per heavy atom. The van der Waals surface area contributed by atoms with Gasteiger partial charge in [0.2, 0.25) is 0 Å². The number of aromatic nitrogens is 3. The SMILES string of the molecule is Sc1cccc2cccnc12.Sc1cccc2cccnc12.Sc1cccc2cccnc12.[Ga]. The van der Waals surface area contributed by atoms with E-state index in [0.29, 0.717) is 0 Å². The molecule has 6 aromatic rings. The molecule has 0 unspecified atom stereocenters. The van der Waals surface area contributed by atoms with Crippen LogP contribution in [0.3, 0.4) is 0 Å². The standard InChI is InChI=1S/3C9H7NS.Ga/c3*11-8-5-1-3-7-4-2-6-10-9(7)8;/h3*1-6,11H;. The molecule has 0 saturated carbocycles. The van der Waals surface area contributed by atoms with Crippen molar-refractivity contribution in [3.63, 3.8) is 0 Å². The van der Waals surface area contributed by atoms with Gasteiger partial charge in [-0.2, -0.15) is 0 Å². The molecule has 3 aromatic carbocycles. The van der Waals surface area contributed by atoms with Crippen molar-refractivity contribution in [1.29, 1.82) is 0 Å². The average Bonchev–Trinajstić information content (AvgIpc) is 2.86. The average molecular weight is 553 g/mol. The molecular formula is C27H21GaN3S3. The van der Waals surface area contributed by atoms with E-state index in [0.717, 1.165) is 47.4 Å². The summed E-state index contributed by atoms with van der Waals surface area (Å²) in [5.74, 6) is 0. The van der Waals surface area contributed by atoms with Gasteiger partial charge in [0, 0.05) is 69.2 Å². The minimum atomic E-state index is 0. The van der Waals surface area contributed by atoms with Crippen molar-refractivity contribution in [3.8, 4) is 0 Å². The first-order chi connectivity index (χ1) is 16.1. The summed E-state index contributed by atoms with van der Waals surface area (Å²) in [5.41, 5.74) is 2.91. The third-order valence-corrected chi connectivity index (χ3v) is 5.92. The van der Waals surface area contributed by atoms with Crippen molar-refractivity contribution in [2.24, 2.45) is 0 Å². The summed E-state index contributed by atoms with van der Waals surface area (Å²) in [5, 5.41) is 3.42. The van der Waals surface area contributed by atoms with Crippen molar-refractivity contribution in [1.82, 2.24) is 15.0 Å². The number of hydrogen-bond donors (Lipinski definition) is 3. The Morgan fingerprint density at radius 3 is 0.912 bits per heavy atom. The summed E-state index contributed by atoms with van der Waals surface area (Å²) in [6.07, 6.45) is 5.34. The molecule has 165 valence electrons. The fourth-order valence-electron chi connectivity index (χ4n) is 3.26. The second kappa shape index (κ2) is 12.9. The van der Waals surface area contributed by atoms with E-state index in [1.54, 1.807) is 18.6 Å². The topological polar surface area (TPSA) is 38.7 Å². The molecule has 0 spiro atoms. The van der Waals surface area contributed by atoms with Gasteiger partial charge in [-0.25, -0.2) is 0 Å². The number of hydrogen-bond acceptors (Lipinski definition) is 6. The molecule has 34 heavy (non-hydrogen) atoms. The second-order valence-electron chi connectivity index (χ2n) is 7.06. The molecule has 7 heteroatoms. The number of para-hydroxylation sites is 3. The van der Waals surface area contributed by atoms with Crippen LogP contribution in [-0.4, -0.2) is 34.7 Å². The number of fused-ring (bicyclic) bond motifs is 3. The van der Waals surface area contributed by atoms with Crippen LogP contribution >= 0.6 is 37.9 Å². The summed E-state index contributed by atoms with van der Waals surface area (Å²) in [7, 11) is 0. The van der Waals surface area contributed by atoms with Gasteiger partial charge in [0.15, 0.2) is 0 Å². The third-order valence-electron chi connectivity index (χ3n) is 4.83. The van der Waals surface area contributed by atoms with Crippen LogP contribution in [0, 0.1) is 0 Å². The minimum Gasteiger partial charge on any atom is -0.255 e. The largest absolute Gasteiger partial charge is 0.255 e. The quantitative estimate of drug-likeness (QED) is 0.138. The summed E-state index contributed by atoms with van der Waals surface area (Å²) in [6.45, 7) is 0. The van der Waals surface area contributed by atoms with Gasteiger partial charge in [-0.05, 0) is 36.4 Å². The fourth-order valence-corrected chi connectivity index (χ4v) is 4.08. The molecule has 3 radical (unpaired) electrons. The van der Waals surface area contributed by atoms with Gasteiger partial charge >= 0.3 is 0 Å². The second-order valence-corrected chi connectivity index (χ2v) is 8.50. The normalized spacial score (nSPS) is 9.97. The van der Waals surface area contributed by atoms with E-state index >= 15 is 0 Å². The van der Waals surface area contributed by atoms with Gasteiger partial charge in [-0.15, -0.1) is 37.9 Å². The van der Waals surface area contributed by atoms with Crippen LogP contribution in [-0.2, 0) is 0 Å².